The van der Waals surface area contributed by atoms with E-state index in [1.54, 1.807) is 0 Å². The zero-order valence-corrected chi connectivity index (χ0v) is 20.8. The van der Waals surface area contributed by atoms with Crippen LogP contribution >= 0.6 is 0 Å². The molecule has 2 aromatic carbocycles. The second-order valence-electron chi connectivity index (χ2n) is 12.1. The number of carbonyl (C=O) groups excluding carboxylic acids is 1. The van der Waals surface area contributed by atoms with E-state index in [0.29, 0.717) is 5.92 Å². The highest BCUT2D eigenvalue weighted by Crippen LogP contribution is 2.46. The second-order valence-corrected chi connectivity index (χ2v) is 12.1. The molecule has 2 aromatic rings. The molecule has 2 atom stereocenters. The van der Waals surface area contributed by atoms with E-state index in [1.807, 2.05) is 0 Å². The van der Waals surface area contributed by atoms with Gasteiger partial charge in [0.05, 0.1) is 6.04 Å². The van der Waals surface area contributed by atoms with Crippen LogP contribution in [0.5, 0.6) is 0 Å². The highest BCUT2D eigenvalue weighted by Gasteiger charge is 2.42. The monoisotopic (exact) mass is 446 g/mol. The minimum absolute atomic E-state index is 0.0293. The molecule has 0 saturated carbocycles. The maximum Gasteiger partial charge on any atom is 0.407 e. The average molecular weight is 447 g/mol. The summed E-state index contributed by atoms with van der Waals surface area (Å²) >= 11 is 0. The summed E-state index contributed by atoms with van der Waals surface area (Å²) in [4.78, 5) is 15.3. The molecular weight excluding hydrogens is 408 g/mol. The molecule has 3 saturated heterocycles. The number of alkyl carbamates (subject to hydrolysis) is 1. The zero-order valence-electron chi connectivity index (χ0n) is 20.8. The standard InChI is InChI=1S/C29H38N2O2/c1-28(2,3)23-9-6-19(7-10-23)21-8-11-24-22(16-21)17-29(4,5)26(24)30-27(32)33-25-18-31-14-12-20(25)13-15-31/h6-11,16,20,25-26H,12-15,17-18H2,1-5H3,(H,30,32)/t25-,26?/m0/s1. The number of fused-ring (bicyclic) bond motifs is 4. The maximum absolute atomic E-state index is 12.9. The molecule has 0 aromatic heterocycles. The molecule has 1 amide bonds. The molecule has 2 bridgehead atoms. The largest absolute Gasteiger partial charge is 0.445 e. The average Bonchev–Trinajstić information content (AvgIpc) is 3.02. The van der Waals surface area contributed by atoms with Crippen molar-refractivity contribution in [2.75, 3.05) is 19.6 Å². The minimum atomic E-state index is -0.262. The lowest BCUT2D eigenvalue weighted by Gasteiger charge is -2.44. The van der Waals surface area contributed by atoms with E-state index in [2.05, 4.69) is 87.3 Å². The van der Waals surface area contributed by atoms with E-state index in [9.17, 15) is 4.79 Å². The zero-order chi connectivity index (χ0) is 23.4. The molecule has 0 radical (unpaired) electrons. The van der Waals surface area contributed by atoms with E-state index in [1.165, 1.54) is 27.8 Å². The molecule has 6 rings (SSSR count). The second kappa shape index (κ2) is 8.16. The molecular formula is C29H38N2O2. The summed E-state index contributed by atoms with van der Waals surface area (Å²) in [6.07, 6.45) is 3.02. The van der Waals surface area contributed by atoms with Gasteiger partial charge in [-0.15, -0.1) is 0 Å². The summed E-state index contributed by atoms with van der Waals surface area (Å²) in [5.41, 5.74) is 6.47. The Morgan fingerprint density at radius 1 is 1.03 bits per heavy atom. The van der Waals surface area contributed by atoms with Gasteiger partial charge < -0.3 is 10.1 Å². The Bertz CT molecular complexity index is 1030. The number of piperidine rings is 3. The molecule has 3 fully saturated rings. The Morgan fingerprint density at radius 3 is 2.30 bits per heavy atom. The van der Waals surface area contributed by atoms with Crippen LogP contribution in [0, 0.1) is 11.3 Å². The third-order valence-corrected chi connectivity index (χ3v) is 8.08. The van der Waals surface area contributed by atoms with Crippen molar-refractivity contribution in [1.29, 1.82) is 0 Å². The fourth-order valence-corrected chi connectivity index (χ4v) is 6.00. The summed E-state index contributed by atoms with van der Waals surface area (Å²) in [6, 6.07) is 15.6. The molecule has 4 nitrogen and oxygen atoms in total. The lowest BCUT2D eigenvalue weighted by molar-refractivity contribution is -0.0348. The van der Waals surface area contributed by atoms with Gasteiger partial charge in [0.2, 0.25) is 0 Å². The lowest BCUT2D eigenvalue weighted by Crippen LogP contribution is -2.53. The van der Waals surface area contributed by atoms with Crippen LogP contribution < -0.4 is 5.32 Å². The van der Waals surface area contributed by atoms with Crippen molar-refractivity contribution in [3.05, 3.63) is 59.2 Å². The first-order chi connectivity index (χ1) is 15.6. The van der Waals surface area contributed by atoms with Crippen LogP contribution in [0.3, 0.4) is 0 Å². The van der Waals surface area contributed by atoms with E-state index in [-0.39, 0.29) is 29.1 Å². The number of ether oxygens (including phenoxy) is 1. The van der Waals surface area contributed by atoms with E-state index in [4.69, 9.17) is 4.74 Å². The number of amides is 1. The van der Waals surface area contributed by atoms with Crippen molar-refractivity contribution in [2.24, 2.45) is 11.3 Å². The van der Waals surface area contributed by atoms with Gasteiger partial charge in [0.25, 0.3) is 0 Å². The van der Waals surface area contributed by atoms with Crippen LogP contribution in [0.1, 0.15) is 70.2 Å². The number of hydrogen-bond acceptors (Lipinski definition) is 3. The van der Waals surface area contributed by atoms with E-state index in [0.717, 1.165) is 38.9 Å². The van der Waals surface area contributed by atoms with Crippen LogP contribution in [0.4, 0.5) is 4.79 Å². The van der Waals surface area contributed by atoms with Gasteiger partial charge in [-0.25, -0.2) is 4.79 Å². The molecule has 4 aliphatic rings. The SMILES string of the molecule is CC(C)(C)c1ccc(-c2ccc3c(c2)CC(C)(C)C3NC(=O)O[C@H]2CN3CCC2CC3)cc1. The third kappa shape index (κ3) is 4.42. The quantitative estimate of drug-likeness (QED) is 0.620. The lowest BCUT2D eigenvalue weighted by atomic mass is 9.85. The van der Waals surface area contributed by atoms with Crippen LogP contribution in [0.15, 0.2) is 42.5 Å². The van der Waals surface area contributed by atoms with Crippen molar-refractivity contribution >= 4 is 6.09 Å². The number of carbonyl (C=O) groups is 1. The van der Waals surface area contributed by atoms with Crippen molar-refractivity contribution in [1.82, 2.24) is 10.2 Å². The Labute approximate surface area is 198 Å². The van der Waals surface area contributed by atoms with Gasteiger partial charge in [-0.2, -0.15) is 0 Å². The van der Waals surface area contributed by atoms with Gasteiger partial charge in [-0.05, 0) is 76.9 Å². The maximum atomic E-state index is 12.9. The number of hydrogen-bond donors (Lipinski definition) is 1. The van der Waals surface area contributed by atoms with Gasteiger partial charge in [0, 0.05) is 6.54 Å². The van der Waals surface area contributed by atoms with Crippen molar-refractivity contribution in [3.63, 3.8) is 0 Å². The topological polar surface area (TPSA) is 41.6 Å². The van der Waals surface area contributed by atoms with Gasteiger partial charge in [0.1, 0.15) is 6.10 Å². The summed E-state index contributed by atoms with van der Waals surface area (Å²) in [5, 5.41) is 3.24. The van der Waals surface area contributed by atoms with Crippen molar-refractivity contribution < 1.29 is 9.53 Å². The van der Waals surface area contributed by atoms with E-state index < -0.39 is 0 Å². The third-order valence-electron chi connectivity index (χ3n) is 8.08. The highest BCUT2D eigenvalue weighted by molar-refractivity contribution is 5.70. The Balaban J connectivity index is 1.31. The van der Waals surface area contributed by atoms with Crippen LogP contribution in [-0.4, -0.2) is 36.7 Å². The Kier molecular flexibility index (Phi) is 5.55. The smallest absolute Gasteiger partial charge is 0.407 e. The predicted molar refractivity (Wildman–Crippen MR) is 133 cm³/mol. The van der Waals surface area contributed by atoms with Crippen LogP contribution in [0.25, 0.3) is 11.1 Å². The summed E-state index contributed by atoms with van der Waals surface area (Å²) in [6.45, 7) is 14.4. The molecule has 3 aliphatic heterocycles. The fourth-order valence-electron chi connectivity index (χ4n) is 6.00. The van der Waals surface area contributed by atoms with Crippen LogP contribution in [-0.2, 0) is 16.6 Å². The summed E-state index contributed by atoms with van der Waals surface area (Å²) in [7, 11) is 0. The molecule has 3 heterocycles. The molecule has 1 unspecified atom stereocenters. The molecule has 4 heteroatoms. The number of rotatable bonds is 3. The highest BCUT2D eigenvalue weighted by atomic mass is 16.6. The molecule has 1 N–H and O–H groups in total. The number of benzene rings is 2. The van der Waals surface area contributed by atoms with Gasteiger partial charge in [-0.1, -0.05) is 77.1 Å². The molecule has 176 valence electrons. The van der Waals surface area contributed by atoms with Crippen molar-refractivity contribution in [3.8, 4) is 11.1 Å². The van der Waals surface area contributed by atoms with E-state index >= 15 is 0 Å². The van der Waals surface area contributed by atoms with Gasteiger partial charge >= 0.3 is 6.09 Å². The number of nitrogens with one attached hydrogen (secondary N) is 1. The minimum Gasteiger partial charge on any atom is -0.445 e. The molecule has 1 aliphatic carbocycles. The Hall–Kier alpha value is -2.33. The summed E-state index contributed by atoms with van der Waals surface area (Å²) < 4.78 is 5.94. The predicted octanol–water partition coefficient (Wildman–Crippen LogP) is 6.09. The number of nitrogens with zero attached hydrogens (tertiary/aromatic N) is 1. The van der Waals surface area contributed by atoms with Gasteiger partial charge in [0.15, 0.2) is 0 Å². The van der Waals surface area contributed by atoms with Crippen molar-refractivity contribution in [2.45, 2.75) is 71.4 Å². The molecule has 33 heavy (non-hydrogen) atoms. The van der Waals surface area contributed by atoms with Gasteiger partial charge in [-0.3, -0.25) is 4.90 Å². The first-order valence-corrected chi connectivity index (χ1v) is 12.5. The first kappa shape index (κ1) is 22.5. The Morgan fingerprint density at radius 2 is 1.70 bits per heavy atom. The normalized spacial score (nSPS) is 27.8. The van der Waals surface area contributed by atoms with Crippen LogP contribution in [0.2, 0.25) is 0 Å². The molecule has 0 spiro atoms. The first-order valence-electron chi connectivity index (χ1n) is 12.5. The fraction of sp³-hybridized carbons (Fsp3) is 0.552. The summed E-state index contributed by atoms with van der Waals surface area (Å²) in [5.74, 6) is 0.525.